The second kappa shape index (κ2) is 12.2. The van der Waals surface area contributed by atoms with Gasteiger partial charge in [0.25, 0.3) is 0 Å². The topological polar surface area (TPSA) is 46.6 Å². The monoisotopic (exact) mass is 549 g/mol. The van der Waals surface area contributed by atoms with Gasteiger partial charge in [-0.3, -0.25) is 9.59 Å². The molecule has 2 aromatic carbocycles. The first-order valence-electron chi connectivity index (χ1n) is 12.5. The van der Waals surface area contributed by atoms with E-state index in [1.165, 1.54) is 7.11 Å². The largest absolute Gasteiger partial charge is 0.469 e. The van der Waals surface area contributed by atoms with Gasteiger partial charge in [-0.1, -0.05) is 82.1 Å². The van der Waals surface area contributed by atoms with Crippen LogP contribution in [0.2, 0.25) is 10.0 Å². The molecule has 1 heterocycles. The maximum Gasteiger partial charge on any atom is 0.306 e. The van der Waals surface area contributed by atoms with Gasteiger partial charge in [0.1, 0.15) is 0 Å². The number of halogens is 2. The SMILES string of the molecule is COC(=O)C[C@@]1(C)C[C@H](c2cccc(Cl)c2)[C@@H](c2ccc(Cl)cc2)N([C@H](CSC(C)C)C(C)C)C1=O. The Bertz CT molecular complexity index is 1060. The molecule has 1 aliphatic rings. The summed E-state index contributed by atoms with van der Waals surface area (Å²) < 4.78 is 5.02. The molecule has 0 aromatic heterocycles. The first-order chi connectivity index (χ1) is 17.0. The molecule has 36 heavy (non-hydrogen) atoms. The summed E-state index contributed by atoms with van der Waals surface area (Å²) >= 11 is 14.6. The van der Waals surface area contributed by atoms with E-state index in [0.29, 0.717) is 21.7 Å². The lowest BCUT2D eigenvalue weighted by Crippen LogP contribution is -2.58. The van der Waals surface area contributed by atoms with E-state index in [-0.39, 0.29) is 42.2 Å². The van der Waals surface area contributed by atoms with E-state index in [1.54, 1.807) is 0 Å². The van der Waals surface area contributed by atoms with Crippen LogP contribution in [0.1, 0.15) is 70.5 Å². The average molecular weight is 551 g/mol. The molecule has 7 heteroatoms. The number of piperidine rings is 1. The van der Waals surface area contributed by atoms with Crippen molar-refractivity contribution in [2.24, 2.45) is 11.3 Å². The number of hydrogen-bond acceptors (Lipinski definition) is 4. The predicted molar refractivity (Wildman–Crippen MR) is 151 cm³/mol. The third-order valence-electron chi connectivity index (χ3n) is 7.08. The molecule has 1 fully saturated rings. The molecule has 1 saturated heterocycles. The van der Waals surface area contributed by atoms with Crippen LogP contribution in [-0.2, 0) is 14.3 Å². The Morgan fingerprint density at radius 2 is 1.75 bits per heavy atom. The number of amides is 1. The molecule has 4 nitrogen and oxygen atoms in total. The zero-order chi connectivity index (χ0) is 26.6. The lowest BCUT2D eigenvalue weighted by Gasteiger charge is -2.53. The van der Waals surface area contributed by atoms with Crippen molar-refractivity contribution in [3.05, 3.63) is 69.7 Å². The minimum atomic E-state index is -0.904. The van der Waals surface area contributed by atoms with Crippen LogP contribution in [0.5, 0.6) is 0 Å². The zero-order valence-corrected chi connectivity index (χ0v) is 24.3. The van der Waals surface area contributed by atoms with Crippen LogP contribution in [0.4, 0.5) is 0 Å². The molecule has 0 unspecified atom stereocenters. The van der Waals surface area contributed by atoms with Crippen LogP contribution in [-0.4, -0.2) is 40.9 Å². The molecule has 1 aliphatic heterocycles. The van der Waals surface area contributed by atoms with Gasteiger partial charge in [0.15, 0.2) is 0 Å². The molecule has 196 valence electrons. The minimum absolute atomic E-state index is 0.00539. The van der Waals surface area contributed by atoms with Crippen molar-refractivity contribution in [1.82, 2.24) is 4.90 Å². The van der Waals surface area contributed by atoms with Gasteiger partial charge in [-0.15, -0.1) is 0 Å². The number of likely N-dealkylation sites (tertiary alicyclic amines) is 1. The summed E-state index contributed by atoms with van der Waals surface area (Å²) in [5.74, 6) is 0.576. The Hall–Kier alpha value is -1.69. The normalized spacial score (nSPS) is 23.3. The van der Waals surface area contributed by atoms with Crippen molar-refractivity contribution in [2.75, 3.05) is 12.9 Å². The molecule has 2 aromatic rings. The fraction of sp³-hybridized carbons (Fsp3) is 0.517. The number of rotatable bonds is 9. The van der Waals surface area contributed by atoms with Gasteiger partial charge in [0.2, 0.25) is 5.91 Å². The Morgan fingerprint density at radius 3 is 2.31 bits per heavy atom. The van der Waals surface area contributed by atoms with Crippen molar-refractivity contribution in [3.63, 3.8) is 0 Å². The van der Waals surface area contributed by atoms with Crippen molar-refractivity contribution in [2.45, 2.75) is 70.7 Å². The molecule has 0 saturated carbocycles. The highest BCUT2D eigenvalue weighted by Crippen LogP contribution is 2.52. The summed E-state index contributed by atoms with van der Waals surface area (Å²) in [6.45, 7) is 10.6. The van der Waals surface area contributed by atoms with Crippen LogP contribution in [0.15, 0.2) is 48.5 Å². The molecule has 0 spiro atoms. The molecule has 0 N–H and O–H groups in total. The number of carbonyl (C=O) groups excluding carboxylic acids is 2. The summed E-state index contributed by atoms with van der Waals surface area (Å²) in [6, 6.07) is 15.4. The summed E-state index contributed by atoms with van der Waals surface area (Å²) in [7, 11) is 1.37. The lowest BCUT2D eigenvalue weighted by molar-refractivity contribution is -0.162. The van der Waals surface area contributed by atoms with Crippen LogP contribution < -0.4 is 0 Å². The van der Waals surface area contributed by atoms with E-state index in [9.17, 15) is 9.59 Å². The molecule has 3 rings (SSSR count). The third-order valence-corrected chi connectivity index (χ3v) is 8.77. The van der Waals surface area contributed by atoms with Crippen LogP contribution in [0.25, 0.3) is 0 Å². The maximum absolute atomic E-state index is 14.4. The predicted octanol–water partition coefficient (Wildman–Crippen LogP) is 7.79. The molecular formula is C29H37Cl2NO3S. The first kappa shape index (κ1) is 28.9. The molecular weight excluding hydrogens is 513 g/mol. The number of carbonyl (C=O) groups is 2. The van der Waals surface area contributed by atoms with Crippen LogP contribution in [0, 0.1) is 11.3 Å². The Morgan fingerprint density at radius 1 is 1.08 bits per heavy atom. The molecule has 0 bridgehead atoms. The summed E-state index contributed by atoms with van der Waals surface area (Å²) in [5.41, 5.74) is 1.17. The number of ether oxygens (including phenoxy) is 1. The van der Waals surface area contributed by atoms with Gasteiger partial charge in [0.05, 0.1) is 25.0 Å². The fourth-order valence-electron chi connectivity index (χ4n) is 5.19. The summed E-state index contributed by atoms with van der Waals surface area (Å²) in [4.78, 5) is 29.0. The Balaban J connectivity index is 2.24. The number of thioether (sulfide) groups is 1. The van der Waals surface area contributed by atoms with E-state index in [4.69, 9.17) is 27.9 Å². The van der Waals surface area contributed by atoms with E-state index < -0.39 is 5.41 Å². The van der Waals surface area contributed by atoms with Crippen molar-refractivity contribution in [1.29, 1.82) is 0 Å². The number of esters is 1. The third kappa shape index (κ3) is 6.59. The fourth-order valence-corrected chi connectivity index (χ4v) is 6.64. The standard InChI is InChI=1S/C29H37Cl2NO3S/c1-18(2)25(17-36-19(3)4)32-27(20-10-12-22(30)13-11-20)24(21-8-7-9-23(31)14-21)15-29(5,28(32)34)16-26(33)35-6/h7-14,18-19,24-25,27H,15-17H2,1-6H3/t24-,25-,27-,29-/m1/s1. The van der Waals surface area contributed by atoms with E-state index in [2.05, 4.69) is 38.7 Å². The lowest BCUT2D eigenvalue weighted by atomic mass is 9.66. The second-order valence-corrected chi connectivity index (χ2v) is 13.1. The van der Waals surface area contributed by atoms with Crippen LogP contribution in [0.3, 0.4) is 0 Å². The highest BCUT2D eigenvalue weighted by Gasteiger charge is 2.52. The highest BCUT2D eigenvalue weighted by atomic mass is 35.5. The smallest absolute Gasteiger partial charge is 0.306 e. The van der Waals surface area contributed by atoms with Crippen molar-refractivity contribution in [3.8, 4) is 0 Å². The summed E-state index contributed by atoms with van der Waals surface area (Å²) in [6.07, 6.45) is 0.540. The molecule has 1 amide bonds. The average Bonchev–Trinajstić information content (AvgIpc) is 2.82. The number of nitrogens with zero attached hydrogens (tertiary/aromatic N) is 1. The van der Waals surface area contributed by atoms with Gasteiger partial charge in [-0.2, -0.15) is 11.8 Å². The zero-order valence-electron chi connectivity index (χ0n) is 22.0. The van der Waals surface area contributed by atoms with E-state index in [1.807, 2.05) is 61.2 Å². The van der Waals surface area contributed by atoms with Gasteiger partial charge in [-0.25, -0.2) is 0 Å². The molecule has 0 radical (unpaired) electrons. The van der Waals surface area contributed by atoms with Crippen molar-refractivity contribution >= 4 is 46.8 Å². The minimum Gasteiger partial charge on any atom is -0.469 e. The van der Waals surface area contributed by atoms with Gasteiger partial charge >= 0.3 is 5.97 Å². The highest BCUT2D eigenvalue weighted by molar-refractivity contribution is 7.99. The first-order valence-corrected chi connectivity index (χ1v) is 14.3. The quantitative estimate of drug-likeness (QED) is 0.299. The van der Waals surface area contributed by atoms with Gasteiger partial charge in [0, 0.05) is 27.8 Å². The van der Waals surface area contributed by atoms with E-state index in [0.717, 1.165) is 16.9 Å². The maximum atomic E-state index is 14.4. The van der Waals surface area contributed by atoms with Gasteiger partial charge in [-0.05, 0) is 53.0 Å². The number of hydrogen-bond donors (Lipinski definition) is 0. The van der Waals surface area contributed by atoms with Crippen molar-refractivity contribution < 1.29 is 14.3 Å². The molecule has 4 atom stereocenters. The number of benzene rings is 2. The summed E-state index contributed by atoms with van der Waals surface area (Å²) in [5, 5.41) is 1.74. The van der Waals surface area contributed by atoms with E-state index >= 15 is 0 Å². The Kier molecular flexibility index (Phi) is 9.81. The molecule has 0 aliphatic carbocycles. The van der Waals surface area contributed by atoms with Gasteiger partial charge < -0.3 is 9.64 Å². The van der Waals surface area contributed by atoms with Crippen LogP contribution >= 0.6 is 35.0 Å². The number of methoxy groups -OCH3 is 1. The Labute approximate surface area is 230 Å². The second-order valence-electron chi connectivity index (χ2n) is 10.6.